The summed E-state index contributed by atoms with van der Waals surface area (Å²) in [5.41, 5.74) is 2.23. The molecule has 1 aliphatic rings. The first-order valence-electron chi connectivity index (χ1n) is 10.3. The van der Waals surface area contributed by atoms with Crippen LogP contribution in [0.5, 0.6) is 5.75 Å². The number of fused-ring (bicyclic) bond motifs is 1. The maximum Gasteiger partial charge on any atom is 0.252 e. The van der Waals surface area contributed by atoms with E-state index < -0.39 is 24.5 Å². The maximum atomic E-state index is 12.7. The third-order valence-corrected chi connectivity index (χ3v) is 5.26. The van der Waals surface area contributed by atoms with E-state index in [1.807, 2.05) is 0 Å². The van der Waals surface area contributed by atoms with Gasteiger partial charge in [-0.3, -0.25) is 19.6 Å². The topological polar surface area (TPSA) is 140 Å². The number of aromatic amines is 1. The third-order valence-electron chi connectivity index (χ3n) is 5.26. The van der Waals surface area contributed by atoms with Crippen LogP contribution in [0.4, 0.5) is 5.69 Å². The van der Waals surface area contributed by atoms with Gasteiger partial charge in [-0.25, -0.2) is 0 Å². The molecule has 1 atom stereocenters. The van der Waals surface area contributed by atoms with Crippen LogP contribution in [0, 0.1) is 0 Å². The minimum atomic E-state index is -1.16. The van der Waals surface area contributed by atoms with Crippen LogP contribution in [0.25, 0.3) is 10.9 Å². The number of nitrogens with zero attached hydrogens (tertiary/aromatic N) is 2. The SMILES string of the molecule is O=C(NC(CO)C(=O)Nc1ccc2cn[nH]c2c1)c1cc(O)cc(CN2CCOCC2)c1. The fourth-order valence-electron chi connectivity index (χ4n) is 3.59. The summed E-state index contributed by atoms with van der Waals surface area (Å²) in [5.74, 6) is -1.17. The number of phenols is 1. The van der Waals surface area contributed by atoms with Gasteiger partial charge >= 0.3 is 0 Å². The van der Waals surface area contributed by atoms with Gasteiger partial charge in [-0.1, -0.05) is 0 Å². The van der Waals surface area contributed by atoms with Crippen molar-refractivity contribution in [3.05, 3.63) is 53.7 Å². The molecule has 2 aromatic carbocycles. The van der Waals surface area contributed by atoms with Crippen LogP contribution < -0.4 is 10.6 Å². The quantitative estimate of drug-likeness (QED) is 0.367. The lowest BCUT2D eigenvalue weighted by Crippen LogP contribution is -2.46. The Morgan fingerprint density at radius 3 is 2.78 bits per heavy atom. The van der Waals surface area contributed by atoms with Crippen molar-refractivity contribution in [1.82, 2.24) is 20.4 Å². The predicted molar refractivity (Wildman–Crippen MR) is 117 cm³/mol. The van der Waals surface area contributed by atoms with E-state index in [0.717, 1.165) is 29.6 Å². The molecule has 2 heterocycles. The second-order valence-corrected chi connectivity index (χ2v) is 7.65. The number of morpholine rings is 1. The highest BCUT2D eigenvalue weighted by Crippen LogP contribution is 2.19. The number of aliphatic hydroxyl groups excluding tert-OH is 1. The van der Waals surface area contributed by atoms with Crippen molar-refractivity contribution in [2.24, 2.45) is 0 Å². The molecule has 0 spiro atoms. The average Bonchev–Trinajstić information content (AvgIpc) is 3.25. The second kappa shape index (κ2) is 9.77. The van der Waals surface area contributed by atoms with E-state index in [1.165, 1.54) is 6.07 Å². The lowest BCUT2D eigenvalue weighted by atomic mass is 10.1. The van der Waals surface area contributed by atoms with Crippen molar-refractivity contribution < 1.29 is 24.5 Å². The summed E-state index contributed by atoms with van der Waals surface area (Å²) in [7, 11) is 0. The Labute approximate surface area is 184 Å². The highest BCUT2D eigenvalue weighted by Gasteiger charge is 2.22. The minimum absolute atomic E-state index is 0.0428. The molecular formula is C22H25N5O5. The summed E-state index contributed by atoms with van der Waals surface area (Å²) in [6, 6.07) is 8.66. The van der Waals surface area contributed by atoms with Gasteiger partial charge in [-0.2, -0.15) is 5.10 Å². The number of aliphatic hydroxyl groups is 1. The number of carbonyl (C=O) groups is 2. The number of benzene rings is 2. The molecule has 0 bridgehead atoms. The highest BCUT2D eigenvalue weighted by molar-refractivity contribution is 6.02. The number of nitrogens with one attached hydrogen (secondary N) is 3. The molecule has 0 radical (unpaired) electrons. The van der Waals surface area contributed by atoms with Gasteiger partial charge in [-0.15, -0.1) is 0 Å². The molecule has 10 nitrogen and oxygen atoms in total. The van der Waals surface area contributed by atoms with Gasteiger partial charge in [0.15, 0.2) is 0 Å². The Balaban J connectivity index is 1.42. The minimum Gasteiger partial charge on any atom is -0.508 e. The van der Waals surface area contributed by atoms with E-state index in [0.29, 0.717) is 25.4 Å². The lowest BCUT2D eigenvalue weighted by Gasteiger charge is -2.26. The number of carbonyl (C=O) groups excluding carboxylic acids is 2. The smallest absolute Gasteiger partial charge is 0.252 e. The number of H-pyrrole nitrogens is 1. The molecule has 1 aliphatic heterocycles. The molecule has 1 fully saturated rings. The van der Waals surface area contributed by atoms with Crippen molar-refractivity contribution in [3.8, 4) is 5.75 Å². The first-order chi connectivity index (χ1) is 15.5. The molecule has 32 heavy (non-hydrogen) atoms. The van der Waals surface area contributed by atoms with Crippen LogP contribution in [-0.4, -0.2) is 76.1 Å². The zero-order chi connectivity index (χ0) is 22.5. The molecule has 10 heteroatoms. The van der Waals surface area contributed by atoms with Crippen LogP contribution in [0.1, 0.15) is 15.9 Å². The molecule has 5 N–H and O–H groups in total. The van der Waals surface area contributed by atoms with Crippen molar-refractivity contribution in [3.63, 3.8) is 0 Å². The van der Waals surface area contributed by atoms with Gasteiger partial charge in [-0.05, 0) is 42.0 Å². The van der Waals surface area contributed by atoms with Crippen LogP contribution in [0.2, 0.25) is 0 Å². The number of amides is 2. The fourth-order valence-corrected chi connectivity index (χ4v) is 3.59. The summed E-state index contributed by atoms with van der Waals surface area (Å²) in [6.45, 7) is 2.82. The maximum absolute atomic E-state index is 12.7. The Hall–Kier alpha value is -3.47. The van der Waals surface area contributed by atoms with Crippen LogP contribution in [0.15, 0.2) is 42.6 Å². The number of phenolic OH excluding ortho intramolecular Hbond substituents is 1. The van der Waals surface area contributed by atoms with Crippen molar-refractivity contribution in [2.75, 3.05) is 38.2 Å². The van der Waals surface area contributed by atoms with E-state index in [1.54, 1.807) is 36.5 Å². The molecule has 0 aliphatic carbocycles. The van der Waals surface area contributed by atoms with E-state index in [4.69, 9.17) is 4.74 Å². The standard InChI is InChI=1S/C22H25N5O5/c28-13-20(22(31)24-17-2-1-15-11-23-26-19(15)10-17)25-21(30)16-7-14(8-18(29)9-16)12-27-3-5-32-6-4-27/h1-2,7-11,20,28-29H,3-6,12-13H2,(H,23,26)(H,24,31)(H,25,30). The molecule has 0 saturated carbocycles. The first-order valence-corrected chi connectivity index (χ1v) is 10.3. The van der Waals surface area contributed by atoms with Crippen molar-refractivity contribution in [1.29, 1.82) is 0 Å². The van der Waals surface area contributed by atoms with Gasteiger partial charge in [0.25, 0.3) is 5.91 Å². The van der Waals surface area contributed by atoms with Crippen LogP contribution >= 0.6 is 0 Å². The van der Waals surface area contributed by atoms with Gasteiger partial charge < -0.3 is 25.6 Å². The van der Waals surface area contributed by atoms with Crippen molar-refractivity contribution >= 4 is 28.4 Å². The molecule has 3 aromatic rings. The first kappa shape index (κ1) is 21.8. The summed E-state index contributed by atoms with van der Waals surface area (Å²) in [4.78, 5) is 27.5. The predicted octanol–water partition coefficient (Wildman–Crippen LogP) is 0.830. The molecule has 2 amide bonds. The lowest BCUT2D eigenvalue weighted by molar-refractivity contribution is -0.118. The van der Waals surface area contributed by atoms with E-state index in [-0.39, 0.29) is 11.3 Å². The third kappa shape index (κ3) is 5.22. The zero-order valence-electron chi connectivity index (χ0n) is 17.4. The van der Waals surface area contributed by atoms with Crippen molar-refractivity contribution in [2.45, 2.75) is 12.6 Å². The number of hydrogen-bond donors (Lipinski definition) is 5. The Morgan fingerprint density at radius 2 is 2.00 bits per heavy atom. The number of ether oxygens (including phenoxy) is 1. The Bertz CT molecular complexity index is 1110. The average molecular weight is 439 g/mol. The Morgan fingerprint density at radius 1 is 1.19 bits per heavy atom. The number of anilines is 1. The summed E-state index contributed by atoms with van der Waals surface area (Å²) >= 11 is 0. The Kier molecular flexibility index (Phi) is 6.64. The monoisotopic (exact) mass is 439 g/mol. The molecule has 4 rings (SSSR count). The van der Waals surface area contributed by atoms with Gasteiger partial charge in [0, 0.05) is 36.3 Å². The molecule has 1 unspecified atom stereocenters. The van der Waals surface area contributed by atoms with E-state index >= 15 is 0 Å². The normalized spacial score (nSPS) is 15.4. The molecular weight excluding hydrogens is 414 g/mol. The largest absolute Gasteiger partial charge is 0.508 e. The zero-order valence-corrected chi connectivity index (χ0v) is 17.4. The van der Waals surface area contributed by atoms with Gasteiger partial charge in [0.1, 0.15) is 11.8 Å². The van der Waals surface area contributed by atoms with Crippen LogP contribution in [0.3, 0.4) is 0 Å². The number of hydrogen-bond acceptors (Lipinski definition) is 7. The van der Waals surface area contributed by atoms with E-state index in [2.05, 4.69) is 25.7 Å². The second-order valence-electron chi connectivity index (χ2n) is 7.65. The summed E-state index contributed by atoms with van der Waals surface area (Å²) in [6.07, 6.45) is 1.67. The number of aromatic hydroxyl groups is 1. The summed E-state index contributed by atoms with van der Waals surface area (Å²) in [5, 5.41) is 32.6. The van der Waals surface area contributed by atoms with Gasteiger partial charge in [0.2, 0.25) is 5.91 Å². The summed E-state index contributed by atoms with van der Waals surface area (Å²) < 4.78 is 5.34. The van der Waals surface area contributed by atoms with E-state index in [9.17, 15) is 19.8 Å². The fraction of sp³-hybridized carbons (Fsp3) is 0.318. The highest BCUT2D eigenvalue weighted by atomic mass is 16.5. The number of rotatable bonds is 7. The molecule has 168 valence electrons. The van der Waals surface area contributed by atoms with Crippen LogP contribution in [-0.2, 0) is 16.1 Å². The molecule has 1 aromatic heterocycles. The molecule has 1 saturated heterocycles. The van der Waals surface area contributed by atoms with Gasteiger partial charge in [0.05, 0.1) is 31.5 Å². The number of aromatic nitrogens is 2.